The largest absolute Gasteiger partial charge is 0.507 e. The van der Waals surface area contributed by atoms with Gasteiger partial charge in [0.2, 0.25) is 6.79 Å². The molecule has 0 aromatic heterocycles. The van der Waals surface area contributed by atoms with Crippen molar-refractivity contribution in [1.29, 1.82) is 0 Å². The van der Waals surface area contributed by atoms with Gasteiger partial charge in [-0.25, -0.2) is 0 Å². The molecule has 0 spiro atoms. The Morgan fingerprint density at radius 2 is 1.77 bits per heavy atom. The van der Waals surface area contributed by atoms with E-state index in [1.807, 2.05) is 73.3 Å². The summed E-state index contributed by atoms with van der Waals surface area (Å²) in [5, 5.41) is 13.7. The number of carbonyl (C=O) groups excluding carboxylic acids is 1. The molecule has 2 heterocycles. The minimum absolute atomic E-state index is 0.0459. The summed E-state index contributed by atoms with van der Waals surface area (Å²) < 4.78 is 10.9. The molecule has 30 heavy (non-hydrogen) atoms. The Morgan fingerprint density at radius 1 is 1.03 bits per heavy atom. The van der Waals surface area contributed by atoms with Gasteiger partial charge in [0.05, 0.1) is 5.56 Å². The van der Waals surface area contributed by atoms with Crippen molar-refractivity contribution in [2.24, 2.45) is 0 Å². The fourth-order valence-corrected chi connectivity index (χ4v) is 4.10. The lowest BCUT2D eigenvalue weighted by molar-refractivity contribution is 0.0666. The first-order valence-electron chi connectivity index (χ1n) is 9.86. The van der Waals surface area contributed by atoms with Crippen molar-refractivity contribution in [3.8, 4) is 17.2 Å². The van der Waals surface area contributed by atoms with Crippen molar-refractivity contribution >= 4 is 11.6 Å². The zero-order chi connectivity index (χ0) is 20.8. The summed E-state index contributed by atoms with van der Waals surface area (Å²) in [4.78, 5) is 15.3. The fraction of sp³-hybridized carbons (Fsp3) is 0.208. The smallest absolute Gasteiger partial charge is 0.258 e. The number of ether oxygens (including phenoxy) is 2. The maximum absolute atomic E-state index is 13.5. The summed E-state index contributed by atoms with van der Waals surface area (Å²) in [5.74, 6) is 1.64. The molecule has 6 nitrogen and oxygen atoms in total. The molecule has 5 rings (SSSR count). The van der Waals surface area contributed by atoms with Gasteiger partial charge in [0.25, 0.3) is 5.91 Å². The number of hydrogen-bond donors (Lipinski definition) is 2. The molecule has 2 aliphatic rings. The zero-order valence-corrected chi connectivity index (χ0v) is 16.8. The lowest BCUT2D eigenvalue weighted by atomic mass is 9.99. The Kier molecular flexibility index (Phi) is 4.28. The highest BCUT2D eigenvalue weighted by Gasteiger charge is 2.33. The molecular formula is C24H22N2O4. The normalized spacial score (nSPS) is 16.9. The van der Waals surface area contributed by atoms with Gasteiger partial charge in [-0.3, -0.25) is 4.79 Å². The highest BCUT2D eigenvalue weighted by Crippen LogP contribution is 2.38. The number of anilines is 1. The maximum atomic E-state index is 13.5. The number of nitrogens with one attached hydrogen (secondary N) is 1. The molecule has 3 aromatic carbocycles. The van der Waals surface area contributed by atoms with Gasteiger partial charge < -0.3 is 24.8 Å². The molecule has 0 saturated heterocycles. The van der Waals surface area contributed by atoms with Crippen molar-refractivity contribution < 1.29 is 19.4 Å². The Morgan fingerprint density at radius 3 is 2.57 bits per heavy atom. The molecular weight excluding hydrogens is 380 g/mol. The number of phenols is 1. The van der Waals surface area contributed by atoms with Crippen LogP contribution in [0.1, 0.15) is 38.8 Å². The van der Waals surface area contributed by atoms with E-state index in [1.165, 1.54) is 0 Å². The van der Waals surface area contributed by atoms with E-state index in [4.69, 9.17) is 9.47 Å². The standard InChI is InChI=1S/C24H22N2O4/c1-14-9-17(10-15(2)22(14)27)23-25-19-6-4-3-5-18(19)24(28)26(23)12-16-7-8-20-21(11-16)30-13-29-20/h3-11,23,25,27H,12-13H2,1-2H3/t23-/m1/s1. The lowest BCUT2D eigenvalue weighted by Crippen LogP contribution is -2.42. The van der Waals surface area contributed by atoms with E-state index in [0.717, 1.165) is 27.9 Å². The molecule has 0 saturated carbocycles. The number of phenolic OH excluding ortho intramolecular Hbond substituents is 1. The molecule has 0 radical (unpaired) electrons. The topological polar surface area (TPSA) is 71.0 Å². The second kappa shape index (κ2) is 6.99. The van der Waals surface area contributed by atoms with Gasteiger partial charge >= 0.3 is 0 Å². The van der Waals surface area contributed by atoms with E-state index in [1.54, 1.807) is 0 Å². The second-order valence-corrected chi connectivity index (χ2v) is 7.72. The number of aryl methyl sites for hydroxylation is 2. The summed E-state index contributed by atoms with van der Waals surface area (Å²) in [6.07, 6.45) is -0.365. The minimum Gasteiger partial charge on any atom is -0.507 e. The van der Waals surface area contributed by atoms with Crippen LogP contribution in [0, 0.1) is 13.8 Å². The number of rotatable bonds is 3. The van der Waals surface area contributed by atoms with Crippen LogP contribution >= 0.6 is 0 Å². The Hall–Kier alpha value is -3.67. The van der Waals surface area contributed by atoms with Crippen LogP contribution in [-0.2, 0) is 6.54 Å². The van der Waals surface area contributed by atoms with Crippen LogP contribution in [-0.4, -0.2) is 22.7 Å². The van der Waals surface area contributed by atoms with Crippen molar-refractivity contribution in [2.75, 3.05) is 12.1 Å². The molecule has 2 aliphatic heterocycles. The van der Waals surface area contributed by atoms with Crippen LogP contribution in [0.3, 0.4) is 0 Å². The fourth-order valence-electron chi connectivity index (χ4n) is 4.10. The SMILES string of the molecule is Cc1cc([C@@H]2Nc3ccccc3C(=O)N2Cc2ccc3c(c2)OCO3)cc(C)c1O. The molecule has 152 valence electrons. The maximum Gasteiger partial charge on any atom is 0.258 e. The average molecular weight is 402 g/mol. The molecule has 0 fully saturated rings. The van der Waals surface area contributed by atoms with Gasteiger partial charge in [0.15, 0.2) is 11.5 Å². The van der Waals surface area contributed by atoms with Crippen LogP contribution in [0.15, 0.2) is 54.6 Å². The first-order chi connectivity index (χ1) is 14.5. The van der Waals surface area contributed by atoms with Crippen LogP contribution < -0.4 is 14.8 Å². The van der Waals surface area contributed by atoms with Crippen molar-refractivity contribution in [2.45, 2.75) is 26.6 Å². The van der Waals surface area contributed by atoms with Crippen LogP contribution in [0.5, 0.6) is 17.2 Å². The molecule has 1 atom stereocenters. The minimum atomic E-state index is -0.365. The first kappa shape index (κ1) is 18.4. The predicted molar refractivity (Wildman–Crippen MR) is 113 cm³/mol. The van der Waals surface area contributed by atoms with E-state index in [2.05, 4.69) is 5.32 Å². The summed E-state index contributed by atoms with van der Waals surface area (Å²) >= 11 is 0. The summed E-state index contributed by atoms with van der Waals surface area (Å²) in [7, 11) is 0. The molecule has 0 unspecified atom stereocenters. The molecule has 1 amide bonds. The summed E-state index contributed by atoms with van der Waals surface area (Å²) in [6.45, 7) is 4.35. The van der Waals surface area contributed by atoms with Crippen LogP contribution in [0.25, 0.3) is 0 Å². The number of para-hydroxylation sites is 1. The predicted octanol–water partition coefficient (Wildman–Crippen LogP) is 4.50. The van der Waals surface area contributed by atoms with Crippen molar-refractivity contribution in [3.05, 3.63) is 82.4 Å². The highest BCUT2D eigenvalue weighted by atomic mass is 16.7. The number of nitrogens with zero attached hydrogens (tertiary/aromatic N) is 1. The lowest BCUT2D eigenvalue weighted by Gasteiger charge is -2.38. The zero-order valence-electron chi connectivity index (χ0n) is 16.8. The summed E-state index contributed by atoms with van der Waals surface area (Å²) in [6, 6.07) is 17.1. The Bertz CT molecular complexity index is 1130. The quantitative estimate of drug-likeness (QED) is 0.675. The third-order valence-corrected chi connectivity index (χ3v) is 5.64. The van der Waals surface area contributed by atoms with E-state index < -0.39 is 0 Å². The monoisotopic (exact) mass is 402 g/mol. The average Bonchev–Trinajstić information content (AvgIpc) is 3.21. The van der Waals surface area contributed by atoms with E-state index in [-0.39, 0.29) is 24.6 Å². The third-order valence-electron chi connectivity index (χ3n) is 5.64. The third kappa shape index (κ3) is 3.01. The van der Waals surface area contributed by atoms with E-state index in [0.29, 0.717) is 23.6 Å². The number of amides is 1. The number of benzene rings is 3. The van der Waals surface area contributed by atoms with Gasteiger partial charge in [-0.15, -0.1) is 0 Å². The first-order valence-corrected chi connectivity index (χ1v) is 9.86. The number of hydrogen-bond acceptors (Lipinski definition) is 5. The van der Waals surface area contributed by atoms with E-state index in [9.17, 15) is 9.90 Å². The van der Waals surface area contributed by atoms with Gasteiger partial charge in [0, 0.05) is 12.2 Å². The molecule has 3 aromatic rings. The molecule has 0 aliphatic carbocycles. The van der Waals surface area contributed by atoms with Gasteiger partial charge in [0.1, 0.15) is 11.9 Å². The summed E-state index contributed by atoms with van der Waals surface area (Å²) in [5.41, 5.74) is 4.87. The van der Waals surface area contributed by atoms with Crippen LogP contribution in [0.4, 0.5) is 5.69 Å². The number of carbonyl (C=O) groups is 1. The highest BCUT2D eigenvalue weighted by molar-refractivity contribution is 6.01. The number of aromatic hydroxyl groups is 1. The van der Waals surface area contributed by atoms with E-state index >= 15 is 0 Å². The molecule has 2 N–H and O–H groups in total. The Labute approximate surface area is 174 Å². The van der Waals surface area contributed by atoms with Gasteiger partial charge in [-0.1, -0.05) is 18.2 Å². The Balaban J connectivity index is 1.57. The van der Waals surface area contributed by atoms with Gasteiger partial charge in [-0.05, 0) is 72.5 Å². The van der Waals surface area contributed by atoms with Crippen molar-refractivity contribution in [1.82, 2.24) is 4.90 Å². The van der Waals surface area contributed by atoms with Crippen molar-refractivity contribution in [3.63, 3.8) is 0 Å². The van der Waals surface area contributed by atoms with Crippen LogP contribution in [0.2, 0.25) is 0 Å². The number of fused-ring (bicyclic) bond motifs is 2. The molecule has 0 bridgehead atoms. The second-order valence-electron chi connectivity index (χ2n) is 7.72. The van der Waals surface area contributed by atoms with Gasteiger partial charge in [-0.2, -0.15) is 0 Å². The molecule has 6 heteroatoms.